The van der Waals surface area contributed by atoms with Gasteiger partial charge in [0.25, 0.3) is 0 Å². The van der Waals surface area contributed by atoms with Crippen LogP contribution in [-0.4, -0.2) is 41.3 Å². The monoisotopic (exact) mass is 379 g/mol. The van der Waals surface area contributed by atoms with E-state index in [0.717, 1.165) is 25.9 Å². The van der Waals surface area contributed by atoms with Crippen molar-refractivity contribution in [3.63, 3.8) is 0 Å². The first-order chi connectivity index (χ1) is 13.2. The standard InChI is InChI=1S/C24H47N2O/c1-4-6-7-8-9-10-11-12-13-14-15-16-17-18-19-20-24-25-21-22-26(24,5-2)23(3)27/h17-18,21,23-24,27H,4-16,19-20,22H2,1-3H3/q+1/b18-17+. The molecule has 1 aliphatic heterocycles. The molecule has 0 amide bonds. The first kappa shape index (κ1) is 24.4. The molecule has 0 aliphatic carbocycles. The molecule has 27 heavy (non-hydrogen) atoms. The highest BCUT2D eigenvalue weighted by Gasteiger charge is 2.41. The predicted molar refractivity (Wildman–Crippen MR) is 119 cm³/mol. The van der Waals surface area contributed by atoms with E-state index in [1.807, 2.05) is 13.1 Å². The number of hydrogen-bond acceptors (Lipinski definition) is 2. The van der Waals surface area contributed by atoms with E-state index >= 15 is 0 Å². The lowest BCUT2D eigenvalue weighted by Crippen LogP contribution is -2.57. The van der Waals surface area contributed by atoms with Gasteiger partial charge in [-0.2, -0.15) is 0 Å². The third-order valence-corrected chi connectivity index (χ3v) is 6.36. The van der Waals surface area contributed by atoms with Crippen molar-refractivity contribution in [2.45, 2.75) is 123 Å². The van der Waals surface area contributed by atoms with Gasteiger partial charge in [0.15, 0.2) is 12.4 Å². The Bertz CT molecular complexity index is 405. The van der Waals surface area contributed by atoms with Crippen molar-refractivity contribution >= 4 is 6.21 Å². The summed E-state index contributed by atoms with van der Waals surface area (Å²) in [5, 5.41) is 10.2. The van der Waals surface area contributed by atoms with Gasteiger partial charge in [-0.25, -0.2) is 4.99 Å². The highest BCUT2D eigenvalue weighted by molar-refractivity contribution is 5.60. The van der Waals surface area contributed by atoms with Gasteiger partial charge in [0, 0.05) is 13.3 Å². The van der Waals surface area contributed by atoms with E-state index in [9.17, 15) is 5.11 Å². The van der Waals surface area contributed by atoms with Gasteiger partial charge < -0.3 is 5.11 Å². The summed E-state index contributed by atoms with van der Waals surface area (Å²) in [6, 6.07) is 0. The lowest BCUT2D eigenvalue weighted by atomic mass is 10.1. The van der Waals surface area contributed by atoms with Gasteiger partial charge in [-0.05, 0) is 26.2 Å². The summed E-state index contributed by atoms with van der Waals surface area (Å²) in [7, 11) is 0. The molecule has 1 rings (SSSR count). The lowest BCUT2D eigenvalue weighted by molar-refractivity contribution is -0.976. The van der Waals surface area contributed by atoms with E-state index in [-0.39, 0.29) is 12.4 Å². The quantitative estimate of drug-likeness (QED) is 0.172. The van der Waals surface area contributed by atoms with Crippen molar-refractivity contribution in [3.05, 3.63) is 12.2 Å². The number of nitrogens with zero attached hydrogens (tertiary/aromatic N) is 2. The molecule has 0 bridgehead atoms. The third-order valence-electron chi connectivity index (χ3n) is 6.36. The molecule has 0 saturated heterocycles. The maximum Gasteiger partial charge on any atom is 0.189 e. The Balaban J connectivity index is 1.96. The summed E-state index contributed by atoms with van der Waals surface area (Å²) in [6.45, 7) is 8.18. The van der Waals surface area contributed by atoms with Gasteiger partial charge in [-0.3, -0.25) is 4.48 Å². The van der Waals surface area contributed by atoms with Crippen molar-refractivity contribution in [3.8, 4) is 0 Å². The fraction of sp³-hybridized carbons (Fsp3) is 0.875. The average Bonchev–Trinajstić information content (AvgIpc) is 3.09. The first-order valence-electron chi connectivity index (χ1n) is 11.9. The third kappa shape index (κ3) is 9.38. The smallest absolute Gasteiger partial charge is 0.189 e. The summed E-state index contributed by atoms with van der Waals surface area (Å²) in [6.07, 6.45) is 25.5. The molecule has 3 atom stereocenters. The molecule has 0 spiro atoms. The fourth-order valence-corrected chi connectivity index (χ4v) is 4.32. The van der Waals surface area contributed by atoms with Crippen LogP contribution in [0.15, 0.2) is 17.1 Å². The highest BCUT2D eigenvalue weighted by atomic mass is 16.3. The number of aliphatic imine (C=N–C) groups is 1. The molecule has 1 aliphatic rings. The molecule has 0 aromatic carbocycles. The summed E-state index contributed by atoms with van der Waals surface area (Å²) in [5.41, 5.74) is 0. The SMILES string of the molecule is CCCCCCCCCCCCC/C=C/CCC1N=CC[N+]1(CC)C(C)O. The minimum absolute atomic E-state index is 0.238. The maximum absolute atomic E-state index is 10.2. The minimum atomic E-state index is -0.331. The molecule has 3 unspecified atom stereocenters. The second-order valence-electron chi connectivity index (χ2n) is 8.42. The van der Waals surface area contributed by atoms with Gasteiger partial charge in [0.1, 0.15) is 6.54 Å². The van der Waals surface area contributed by atoms with E-state index < -0.39 is 0 Å². The van der Waals surface area contributed by atoms with Crippen LogP contribution in [0.1, 0.15) is 111 Å². The highest BCUT2D eigenvalue weighted by Crippen LogP contribution is 2.26. The molecule has 0 aromatic heterocycles. The van der Waals surface area contributed by atoms with Crippen molar-refractivity contribution < 1.29 is 9.59 Å². The molecular formula is C24H47N2O+. The van der Waals surface area contributed by atoms with Gasteiger partial charge in [-0.1, -0.05) is 83.3 Å². The Morgan fingerprint density at radius 1 is 0.926 bits per heavy atom. The van der Waals surface area contributed by atoms with Crippen LogP contribution < -0.4 is 0 Å². The molecule has 3 nitrogen and oxygen atoms in total. The number of aliphatic hydroxyl groups is 1. The van der Waals surface area contributed by atoms with Crippen molar-refractivity contribution in [2.24, 2.45) is 4.99 Å². The Kier molecular flexibility index (Phi) is 13.8. The van der Waals surface area contributed by atoms with E-state index in [0.29, 0.717) is 4.48 Å². The van der Waals surface area contributed by atoms with Crippen LogP contribution in [0.4, 0.5) is 0 Å². The molecule has 0 saturated carbocycles. The Labute approximate surface area is 169 Å². The largest absolute Gasteiger partial charge is 0.345 e. The van der Waals surface area contributed by atoms with Gasteiger partial charge >= 0.3 is 0 Å². The van der Waals surface area contributed by atoms with Crippen LogP contribution in [0.5, 0.6) is 0 Å². The summed E-state index contributed by atoms with van der Waals surface area (Å²) < 4.78 is 0.715. The Hall–Kier alpha value is -0.670. The zero-order valence-electron chi connectivity index (χ0n) is 18.5. The van der Waals surface area contributed by atoms with Crippen molar-refractivity contribution in [1.29, 1.82) is 0 Å². The molecular weight excluding hydrogens is 332 g/mol. The van der Waals surface area contributed by atoms with Crippen LogP contribution in [0.3, 0.4) is 0 Å². The van der Waals surface area contributed by atoms with E-state index in [1.165, 1.54) is 77.0 Å². The van der Waals surface area contributed by atoms with E-state index in [4.69, 9.17) is 0 Å². The normalized spacial score (nSPS) is 23.5. The van der Waals surface area contributed by atoms with E-state index in [1.54, 1.807) is 0 Å². The van der Waals surface area contributed by atoms with Crippen molar-refractivity contribution in [1.82, 2.24) is 0 Å². The lowest BCUT2D eigenvalue weighted by Gasteiger charge is -2.40. The molecule has 0 aromatic rings. The Morgan fingerprint density at radius 3 is 2.04 bits per heavy atom. The second-order valence-corrected chi connectivity index (χ2v) is 8.42. The van der Waals surface area contributed by atoms with Crippen LogP contribution in [0.25, 0.3) is 0 Å². The second kappa shape index (κ2) is 15.3. The van der Waals surface area contributed by atoms with Crippen LogP contribution in [-0.2, 0) is 0 Å². The fourth-order valence-electron chi connectivity index (χ4n) is 4.32. The molecule has 0 radical (unpaired) electrons. The molecule has 1 N–H and O–H groups in total. The van der Waals surface area contributed by atoms with Gasteiger partial charge in [-0.15, -0.1) is 0 Å². The zero-order valence-corrected chi connectivity index (χ0v) is 18.5. The number of allylic oxidation sites excluding steroid dienone is 2. The summed E-state index contributed by atoms with van der Waals surface area (Å²) in [4.78, 5) is 4.64. The van der Waals surface area contributed by atoms with Crippen LogP contribution in [0, 0.1) is 0 Å². The van der Waals surface area contributed by atoms with Crippen LogP contribution >= 0.6 is 0 Å². The number of unbranched alkanes of at least 4 members (excludes halogenated alkanes) is 11. The van der Waals surface area contributed by atoms with Crippen molar-refractivity contribution in [2.75, 3.05) is 13.1 Å². The van der Waals surface area contributed by atoms with Gasteiger partial charge in [0.05, 0.1) is 12.8 Å². The number of quaternary nitrogens is 1. The number of rotatable bonds is 17. The van der Waals surface area contributed by atoms with E-state index in [2.05, 4.69) is 31.0 Å². The molecule has 1 heterocycles. The first-order valence-corrected chi connectivity index (χ1v) is 11.9. The average molecular weight is 380 g/mol. The molecule has 158 valence electrons. The Morgan fingerprint density at radius 2 is 1.48 bits per heavy atom. The minimum Gasteiger partial charge on any atom is -0.345 e. The van der Waals surface area contributed by atoms with Gasteiger partial charge in [0.2, 0.25) is 0 Å². The predicted octanol–water partition coefficient (Wildman–Crippen LogP) is 6.61. The number of hydrogen-bond donors (Lipinski definition) is 1. The summed E-state index contributed by atoms with van der Waals surface area (Å²) in [5.74, 6) is 0. The topological polar surface area (TPSA) is 32.6 Å². The molecule has 3 heteroatoms. The number of aliphatic hydroxyl groups excluding tert-OH is 1. The van der Waals surface area contributed by atoms with Crippen LogP contribution in [0.2, 0.25) is 0 Å². The molecule has 0 fully saturated rings. The zero-order chi connectivity index (χ0) is 19.8. The summed E-state index contributed by atoms with van der Waals surface area (Å²) >= 11 is 0. The maximum atomic E-state index is 10.2.